The van der Waals surface area contributed by atoms with Gasteiger partial charge in [-0.25, -0.2) is 19.9 Å². The number of pyridine rings is 1. The van der Waals surface area contributed by atoms with E-state index in [4.69, 9.17) is 15.2 Å². The molecule has 3 aromatic heterocycles. The quantitative estimate of drug-likeness (QED) is 0.245. The van der Waals surface area contributed by atoms with Gasteiger partial charge in [0, 0.05) is 49.2 Å². The number of aromatic nitrogens is 5. The van der Waals surface area contributed by atoms with Crippen LogP contribution in [0.2, 0.25) is 0 Å². The molecule has 1 aliphatic heterocycles. The summed E-state index contributed by atoms with van der Waals surface area (Å²) in [5.41, 5.74) is 6.70. The first-order valence-electron chi connectivity index (χ1n) is 14.5. The van der Waals surface area contributed by atoms with Crippen LogP contribution < -0.4 is 5.32 Å². The first kappa shape index (κ1) is 28.8. The Morgan fingerprint density at radius 2 is 1.50 bits per heavy atom. The van der Waals surface area contributed by atoms with Gasteiger partial charge in [-0.1, -0.05) is 75.4 Å². The molecule has 0 aliphatic carbocycles. The Balaban J connectivity index is 0.000000830. The summed E-state index contributed by atoms with van der Waals surface area (Å²) >= 11 is 0. The maximum absolute atomic E-state index is 9.01. The summed E-state index contributed by atoms with van der Waals surface area (Å²) < 4.78 is 0. The second-order valence-corrected chi connectivity index (χ2v) is 11.2. The van der Waals surface area contributed by atoms with Crippen LogP contribution in [0.1, 0.15) is 45.0 Å². The maximum Gasteiger partial charge on any atom is 0.234 e. The van der Waals surface area contributed by atoms with Crippen molar-refractivity contribution in [3.8, 4) is 28.6 Å². The molecule has 0 saturated carbocycles. The lowest BCUT2D eigenvalue weighted by Crippen LogP contribution is -2.38. The second kappa shape index (κ2) is 13.7. The van der Waals surface area contributed by atoms with E-state index in [0.29, 0.717) is 11.9 Å². The van der Waals surface area contributed by atoms with Crippen LogP contribution in [0.3, 0.4) is 0 Å². The van der Waals surface area contributed by atoms with Crippen molar-refractivity contribution in [3.05, 3.63) is 96.7 Å². The van der Waals surface area contributed by atoms with Gasteiger partial charge < -0.3 is 5.32 Å². The molecule has 2 aromatic carbocycles. The number of hydrogen-bond donors (Lipinski definition) is 1. The van der Waals surface area contributed by atoms with Crippen LogP contribution >= 0.6 is 0 Å². The predicted octanol–water partition coefficient (Wildman–Crippen LogP) is 6.76. The van der Waals surface area contributed by atoms with Gasteiger partial charge in [0.25, 0.3) is 0 Å². The summed E-state index contributed by atoms with van der Waals surface area (Å²) in [6.45, 7) is 9.39. The van der Waals surface area contributed by atoms with Gasteiger partial charge in [-0.3, -0.25) is 9.88 Å². The molecule has 4 heterocycles. The maximum atomic E-state index is 9.01. The first-order chi connectivity index (χ1) is 20.5. The van der Waals surface area contributed by atoms with E-state index in [9.17, 15) is 0 Å². The lowest BCUT2D eigenvalue weighted by Gasteiger charge is -2.32. The topological polar surface area (TPSA) is 104 Å². The number of benzene rings is 2. The SMILES string of the molecule is CC(C)C.N#Cc1nccc(NC2CCN(Cc3ccc(-c4nc5cnccc5nc4-c4ccccc4)cc3)CC2)n1. The van der Waals surface area contributed by atoms with Gasteiger partial charge in [0.05, 0.1) is 23.1 Å². The fourth-order valence-electron chi connectivity index (χ4n) is 4.87. The van der Waals surface area contributed by atoms with Gasteiger partial charge in [0.1, 0.15) is 17.4 Å². The number of fused-ring (bicyclic) bond motifs is 1. The molecule has 0 radical (unpaired) electrons. The summed E-state index contributed by atoms with van der Waals surface area (Å²) in [5, 5.41) is 12.5. The minimum atomic E-state index is 0.193. The monoisotopic (exact) mass is 556 g/mol. The van der Waals surface area contributed by atoms with Crippen LogP contribution in [0.25, 0.3) is 33.5 Å². The molecule has 1 N–H and O–H groups in total. The predicted molar refractivity (Wildman–Crippen MR) is 167 cm³/mol. The summed E-state index contributed by atoms with van der Waals surface area (Å²) in [7, 11) is 0. The average molecular weight is 557 g/mol. The van der Waals surface area contributed by atoms with Gasteiger partial charge in [-0.2, -0.15) is 5.26 Å². The third-order valence-electron chi connectivity index (χ3n) is 6.84. The minimum Gasteiger partial charge on any atom is -0.367 e. The summed E-state index contributed by atoms with van der Waals surface area (Å²) in [5.74, 6) is 1.74. The van der Waals surface area contributed by atoms with Crippen molar-refractivity contribution in [1.29, 1.82) is 5.26 Å². The molecule has 5 aromatic rings. The zero-order chi connectivity index (χ0) is 29.3. The van der Waals surface area contributed by atoms with E-state index in [1.807, 2.05) is 36.4 Å². The van der Waals surface area contributed by atoms with Gasteiger partial charge >= 0.3 is 0 Å². The number of nitrogens with one attached hydrogen (secondary N) is 1. The number of anilines is 1. The molecule has 1 saturated heterocycles. The van der Waals surface area contributed by atoms with Crippen LogP contribution in [0.15, 0.2) is 85.3 Å². The van der Waals surface area contributed by atoms with Crippen molar-refractivity contribution >= 4 is 16.9 Å². The molecule has 1 fully saturated rings. The van der Waals surface area contributed by atoms with Crippen molar-refractivity contribution < 1.29 is 0 Å². The highest BCUT2D eigenvalue weighted by Gasteiger charge is 2.20. The van der Waals surface area contributed by atoms with Crippen LogP contribution in [0, 0.1) is 17.2 Å². The first-order valence-corrected chi connectivity index (χ1v) is 14.5. The normalized spacial score (nSPS) is 13.8. The Morgan fingerprint density at radius 1 is 0.833 bits per heavy atom. The highest BCUT2D eigenvalue weighted by Crippen LogP contribution is 2.31. The molecule has 42 heavy (non-hydrogen) atoms. The minimum absolute atomic E-state index is 0.193. The van der Waals surface area contributed by atoms with Crippen LogP contribution in [0.5, 0.6) is 0 Å². The Kier molecular flexibility index (Phi) is 9.42. The zero-order valence-electron chi connectivity index (χ0n) is 24.4. The number of hydrogen-bond acceptors (Lipinski definition) is 8. The van der Waals surface area contributed by atoms with E-state index in [0.717, 1.165) is 71.9 Å². The van der Waals surface area contributed by atoms with E-state index in [-0.39, 0.29) is 5.82 Å². The summed E-state index contributed by atoms with van der Waals surface area (Å²) in [6.07, 6.45) is 7.17. The second-order valence-electron chi connectivity index (χ2n) is 11.2. The molecule has 8 nitrogen and oxygen atoms in total. The average Bonchev–Trinajstić information content (AvgIpc) is 3.02. The summed E-state index contributed by atoms with van der Waals surface area (Å²) in [6, 6.07) is 24.9. The van der Waals surface area contributed by atoms with Gasteiger partial charge in [-0.15, -0.1) is 0 Å². The fraction of sp³-hybridized carbons (Fsp3) is 0.294. The molecule has 0 unspecified atom stereocenters. The van der Waals surface area contributed by atoms with Crippen molar-refractivity contribution in [2.75, 3.05) is 18.4 Å². The van der Waals surface area contributed by atoms with Gasteiger partial charge in [0.15, 0.2) is 0 Å². The lowest BCUT2D eigenvalue weighted by molar-refractivity contribution is 0.211. The highest BCUT2D eigenvalue weighted by molar-refractivity contribution is 5.85. The molecule has 1 aliphatic rings. The Bertz CT molecular complexity index is 1630. The van der Waals surface area contributed by atoms with Crippen LogP contribution in [-0.2, 0) is 6.54 Å². The van der Waals surface area contributed by atoms with Crippen molar-refractivity contribution in [1.82, 2.24) is 29.8 Å². The van der Waals surface area contributed by atoms with Crippen molar-refractivity contribution in [2.24, 2.45) is 5.92 Å². The van der Waals surface area contributed by atoms with E-state index >= 15 is 0 Å². The number of nitrogens with zero attached hydrogens (tertiary/aromatic N) is 7. The van der Waals surface area contributed by atoms with Gasteiger partial charge in [-0.05, 0) is 36.5 Å². The molecule has 0 atom stereocenters. The van der Waals surface area contributed by atoms with E-state index in [2.05, 4.69) is 82.3 Å². The van der Waals surface area contributed by atoms with Crippen molar-refractivity contribution in [2.45, 2.75) is 46.2 Å². The number of likely N-dealkylation sites (tertiary alicyclic amines) is 1. The zero-order valence-corrected chi connectivity index (χ0v) is 24.4. The van der Waals surface area contributed by atoms with Crippen molar-refractivity contribution in [3.63, 3.8) is 0 Å². The Morgan fingerprint density at radius 3 is 2.19 bits per heavy atom. The number of rotatable bonds is 6. The van der Waals surface area contributed by atoms with Crippen LogP contribution in [0.4, 0.5) is 5.82 Å². The van der Waals surface area contributed by atoms with E-state index in [1.54, 1.807) is 18.6 Å². The standard InChI is InChI=1S/C30H26N8.C4H10/c31-18-28-33-15-11-27(37-28)34-24-12-16-38(17-13-24)20-21-6-8-23(9-7-21)30-29(22-4-2-1-3-5-22)35-25-10-14-32-19-26(25)36-30;1-4(2)3/h1-11,14-15,19,24H,12-13,16-17,20H2,(H,33,34,37);4H,1-3H3. The molecule has 0 spiro atoms. The Hall–Kier alpha value is -4.74. The third-order valence-corrected chi connectivity index (χ3v) is 6.84. The molecule has 8 heteroatoms. The molecule has 6 rings (SSSR count). The van der Waals surface area contributed by atoms with E-state index < -0.39 is 0 Å². The highest BCUT2D eigenvalue weighted by atomic mass is 15.1. The van der Waals surface area contributed by atoms with E-state index in [1.165, 1.54) is 5.56 Å². The number of nitriles is 1. The molecular formula is C34H36N8. The molecule has 0 amide bonds. The van der Waals surface area contributed by atoms with Crippen LogP contribution in [-0.4, -0.2) is 49.0 Å². The molecule has 0 bridgehead atoms. The third kappa shape index (κ3) is 7.50. The Labute approximate surface area is 247 Å². The van der Waals surface area contributed by atoms with Gasteiger partial charge in [0.2, 0.25) is 5.82 Å². The smallest absolute Gasteiger partial charge is 0.234 e. The lowest BCUT2D eigenvalue weighted by atomic mass is 10.0. The molecular weight excluding hydrogens is 520 g/mol. The summed E-state index contributed by atoms with van der Waals surface area (Å²) in [4.78, 5) is 24.8. The number of piperidine rings is 1. The fourth-order valence-corrected chi connectivity index (χ4v) is 4.87. The molecule has 212 valence electrons. The largest absolute Gasteiger partial charge is 0.367 e.